The van der Waals surface area contributed by atoms with Gasteiger partial charge in [0.1, 0.15) is 12.1 Å². The molecule has 0 atom stereocenters. The maximum Gasteiger partial charge on any atom is 0.225 e. The summed E-state index contributed by atoms with van der Waals surface area (Å²) in [5.74, 6) is 1.11. The van der Waals surface area contributed by atoms with E-state index in [1.54, 1.807) is 18.5 Å². The summed E-state index contributed by atoms with van der Waals surface area (Å²) in [5, 5.41) is 9.32. The molecule has 1 saturated carbocycles. The number of carbonyl (C=O) groups is 1. The van der Waals surface area contributed by atoms with Gasteiger partial charge in [0.25, 0.3) is 0 Å². The lowest BCUT2D eigenvalue weighted by atomic mass is 9.99. The van der Waals surface area contributed by atoms with Gasteiger partial charge in [0, 0.05) is 43.2 Å². The first-order valence-corrected chi connectivity index (χ1v) is 10.7. The fourth-order valence-electron chi connectivity index (χ4n) is 4.43. The summed E-state index contributed by atoms with van der Waals surface area (Å²) >= 11 is 0. The second kappa shape index (κ2) is 7.04. The van der Waals surface area contributed by atoms with Crippen molar-refractivity contribution in [3.8, 4) is 22.5 Å². The summed E-state index contributed by atoms with van der Waals surface area (Å²) in [7, 11) is 0. The minimum absolute atomic E-state index is 0.261. The predicted molar refractivity (Wildman–Crippen MR) is 116 cm³/mol. The Morgan fingerprint density at radius 3 is 2.71 bits per heavy atom. The fourth-order valence-corrected chi connectivity index (χ4v) is 4.43. The zero-order valence-corrected chi connectivity index (χ0v) is 17.0. The number of aromatic nitrogens is 4. The molecular weight excluding hydrogens is 393 g/mol. The van der Waals surface area contributed by atoms with Crippen LogP contribution >= 0.6 is 0 Å². The molecule has 31 heavy (non-hydrogen) atoms. The minimum atomic E-state index is -0.322. The number of halogens is 1. The summed E-state index contributed by atoms with van der Waals surface area (Å²) in [6, 6.07) is 13.3. The topological polar surface area (TPSA) is 66.8 Å². The van der Waals surface area contributed by atoms with E-state index in [-0.39, 0.29) is 11.7 Å². The van der Waals surface area contributed by atoms with Gasteiger partial charge in [-0.1, -0.05) is 18.2 Å². The average Bonchev–Trinajstić information content (AvgIpc) is 3.32. The Labute approximate surface area is 178 Å². The molecule has 6 nitrogen and oxygen atoms in total. The van der Waals surface area contributed by atoms with E-state index in [1.807, 2.05) is 46.0 Å². The highest BCUT2D eigenvalue weighted by Gasteiger charge is 2.39. The summed E-state index contributed by atoms with van der Waals surface area (Å²) < 4.78 is 17.0. The van der Waals surface area contributed by atoms with Crippen LogP contribution in [0.3, 0.4) is 0 Å². The zero-order chi connectivity index (χ0) is 20.9. The SMILES string of the molecule is O=C(C1CC1)N1CC(Cn2cnnc2-c2ccc(-c3ccc4cc[nH]c4c3)cc2F)C1. The van der Waals surface area contributed by atoms with Crippen molar-refractivity contribution in [3.63, 3.8) is 0 Å². The number of likely N-dealkylation sites (tertiary alicyclic amines) is 1. The van der Waals surface area contributed by atoms with E-state index in [1.165, 1.54) is 0 Å². The number of aromatic amines is 1. The molecule has 2 aromatic carbocycles. The summed E-state index contributed by atoms with van der Waals surface area (Å²) in [5.41, 5.74) is 3.23. The molecular formula is C24H22FN5O. The maximum atomic E-state index is 15.1. The van der Waals surface area contributed by atoms with Crippen molar-refractivity contribution < 1.29 is 9.18 Å². The van der Waals surface area contributed by atoms with Gasteiger partial charge < -0.3 is 14.5 Å². The van der Waals surface area contributed by atoms with Gasteiger partial charge in [-0.3, -0.25) is 4.79 Å². The normalized spacial score (nSPS) is 16.6. The first-order valence-electron chi connectivity index (χ1n) is 10.7. The van der Waals surface area contributed by atoms with E-state index in [9.17, 15) is 4.79 Å². The second-order valence-corrected chi connectivity index (χ2v) is 8.66. The van der Waals surface area contributed by atoms with Crippen molar-refractivity contribution in [1.82, 2.24) is 24.6 Å². The highest BCUT2D eigenvalue weighted by atomic mass is 19.1. The van der Waals surface area contributed by atoms with Crippen LogP contribution in [-0.4, -0.2) is 43.6 Å². The van der Waals surface area contributed by atoms with Crippen LogP contribution in [0.25, 0.3) is 33.4 Å². The number of amides is 1. The van der Waals surface area contributed by atoms with Gasteiger partial charge in [-0.2, -0.15) is 0 Å². The van der Waals surface area contributed by atoms with Crippen LogP contribution in [0.1, 0.15) is 12.8 Å². The van der Waals surface area contributed by atoms with Gasteiger partial charge in [-0.15, -0.1) is 10.2 Å². The summed E-state index contributed by atoms with van der Waals surface area (Å²) in [6.07, 6.45) is 5.61. The molecule has 2 aromatic heterocycles. The van der Waals surface area contributed by atoms with Crippen molar-refractivity contribution >= 4 is 16.8 Å². The highest BCUT2D eigenvalue weighted by Crippen LogP contribution is 2.34. The number of fused-ring (bicyclic) bond motifs is 1. The Morgan fingerprint density at radius 1 is 1.10 bits per heavy atom. The Balaban J connectivity index is 1.21. The summed E-state index contributed by atoms with van der Waals surface area (Å²) in [4.78, 5) is 17.2. The first kappa shape index (κ1) is 18.3. The van der Waals surface area contributed by atoms with E-state index < -0.39 is 0 Å². The monoisotopic (exact) mass is 415 g/mol. The minimum Gasteiger partial charge on any atom is -0.361 e. The largest absolute Gasteiger partial charge is 0.361 e. The molecule has 2 aliphatic rings. The number of H-pyrrole nitrogens is 1. The zero-order valence-electron chi connectivity index (χ0n) is 17.0. The van der Waals surface area contributed by atoms with Crippen LogP contribution < -0.4 is 0 Å². The number of nitrogens with zero attached hydrogens (tertiary/aromatic N) is 4. The van der Waals surface area contributed by atoms with Gasteiger partial charge in [0.2, 0.25) is 5.91 Å². The molecule has 6 rings (SSSR count). The van der Waals surface area contributed by atoms with Crippen molar-refractivity contribution in [2.75, 3.05) is 13.1 Å². The Kier molecular flexibility index (Phi) is 4.16. The molecule has 0 unspecified atom stereocenters. The molecule has 1 saturated heterocycles. The van der Waals surface area contributed by atoms with E-state index in [0.717, 1.165) is 48.0 Å². The number of nitrogens with one attached hydrogen (secondary N) is 1. The van der Waals surface area contributed by atoms with E-state index in [2.05, 4.69) is 15.2 Å². The van der Waals surface area contributed by atoms with Gasteiger partial charge >= 0.3 is 0 Å². The number of carbonyl (C=O) groups excluding carboxylic acids is 1. The van der Waals surface area contributed by atoms with Crippen molar-refractivity contribution in [2.45, 2.75) is 19.4 Å². The van der Waals surface area contributed by atoms with Crippen LogP contribution in [0.5, 0.6) is 0 Å². The molecule has 4 aromatic rings. The van der Waals surface area contributed by atoms with Gasteiger partial charge in [0.15, 0.2) is 5.82 Å². The average molecular weight is 415 g/mol. The van der Waals surface area contributed by atoms with Crippen LogP contribution in [0.15, 0.2) is 55.0 Å². The van der Waals surface area contributed by atoms with Crippen LogP contribution in [-0.2, 0) is 11.3 Å². The van der Waals surface area contributed by atoms with Gasteiger partial charge in [0.05, 0.1) is 5.56 Å². The third kappa shape index (κ3) is 3.30. The number of hydrogen-bond donors (Lipinski definition) is 1. The van der Waals surface area contributed by atoms with Crippen LogP contribution in [0.4, 0.5) is 4.39 Å². The van der Waals surface area contributed by atoms with Crippen molar-refractivity contribution in [2.24, 2.45) is 11.8 Å². The number of rotatable bonds is 5. The quantitative estimate of drug-likeness (QED) is 0.534. The fraction of sp³-hybridized carbons (Fsp3) is 0.292. The molecule has 0 spiro atoms. The second-order valence-electron chi connectivity index (χ2n) is 8.66. The molecule has 1 aliphatic heterocycles. The van der Waals surface area contributed by atoms with Crippen molar-refractivity contribution in [3.05, 3.63) is 60.8 Å². The first-order chi connectivity index (χ1) is 15.2. The van der Waals surface area contributed by atoms with Crippen LogP contribution in [0.2, 0.25) is 0 Å². The molecule has 7 heteroatoms. The number of hydrogen-bond acceptors (Lipinski definition) is 3. The van der Waals surface area contributed by atoms with E-state index in [4.69, 9.17) is 0 Å². The summed E-state index contributed by atoms with van der Waals surface area (Å²) in [6.45, 7) is 2.20. The smallest absolute Gasteiger partial charge is 0.225 e. The molecule has 1 aliphatic carbocycles. The van der Waals surface area contributed by atoms with Crippen LogP contribution in [0, 0.1) is 17.7 Å². The molecule has 156 valence electrons. The Hall–Kier alpha value is -3.48. The third-order valence-corrected chi connectivity index (χ3v) is 6.36. The predicted octanol–water partition coefficient (Wildman–Crippen LogP) is 4.10. The lowest BCUT2D eigenvalue weighted by Gasteiger charge is -2.39. The Bertz CT molecular complexity index is 1280. The number of benzene rings is 2. The van der Waals surface area contributed by atoms with E-state index >= 15 is 4.39 Å². The third-order valence-electron chi connectivity index (χ3n) is 6.36. The highest BCUT2D eigenvalue weighted by molar-refractivity contribution is 5.85. The standard InChI is InChI=1S/C24H22FN5O/c25-21-9-18(19-4-1-16-7-8-26-22(16)10-19)5-6-20(21)23-28-27-14-30(23)13-15-11-29(12-15)24(31)17-2-3-17/h1,4-10,14-15,17,26H,2-3,11-13H2. The Morgan fingerprint density at radius 2 is 1.90 bits per heavy atom. The lowest BCUT2D eigenvalue weighted by molar-refractivity contribution is -0.139. The molecule has 0 bridgehead atoms. The van der Waals surface area contributed by atoms with E-state index in [0.29, 0.717) is 29.8 Å². The molecule has 0 radical (unpaired) electrons. The van der Waals surface area contributed by atoms with Crippen molar-refractivity contribution in [1.29, 1.82) is 0 Å². The molecule has 2 fully saturated rings. The van der Waals surface area contributed by atoms with Gasteiger partial charge in [-0.25, -0.2) is 4.39 Å². The molecule has 1 N–H and O–H groups in total. The molecule has 1 amide bonds. The lowest BCUT2D eigenvalue weighted by Crippen LogP contribution is -2.51. The maximum absolute atomic E-state index is 15.1. The van der Waals surface area contributed by atoms with Gasteiger partial charge in [-0.05, 0) is 53.6 Å². The molecule has 3 heterocycles.